The fourth-order valence-corrected chi connectivity index (χ4v) is 2.90. The number of hydrogen-bond donors (Lipinski definition) is 3. The van der Waals surface area contributed by atoms with Gasteiger partial charge in [0.2, 0.25) is 11.8 Å². The number of nitrogens with zero attached hydrogens (tertiary/aromatic N) is 1. The van der Waals surface area contributed by atoms with Gasteiger partial charge in [-0.1, -0.05) is 6.07 Å². The van der Waals surface area contributed by atoms with E-state index in [9.17, 15) is 14.4 Å². The molecule has 8 heteroatoms. The molecule has 0 aromatic heterocycles. The van der Waals surface area contributed by atoms with E-state index < -0.39 is 11.9 Å². The molecule has 27 heavy (non-hydrogen) atoms. The highest BCUT2D eigenvalue weighted by Crippen LogP contribution is 2.25. The van der Waals surface area contributed by atoms with E-state index in [0.29, 0.717) is 23.5 Å². The molecule has 8 nitrogen and oxygen atoms in total. The topological polar surface area (TPSA) is 114 Å². The first kappa shape index (κ1) is 18.2. The minimum Gasteiger partial charge on any atom is -0.497 e. The predicted octanol–water partition coefficient (Wildman–Crippen LogP) is 1.72. The van der Waals surface area contributed by atoms with Crippen LogP contribution in [0.2, 0.25) is 0 Å². The number of nitrogens with one attached hydrogen (secondary N) is 2. The van der Waals surface area contributed by atoms with Crippen molar-refractivity contribution in [3.05, 3.63) is 54.1 Å². The van der Waals surface area contributed by atoms with Crippen molar-refractivity contribution in [2.24, 2.45) is 5.73 Å². The van der Waals surface area contributed by atoms with Crippen molar-refractivity contribution in [1.29, 1.82) is 0 Å². The monoisotopic (exact) mass is 368 g/mol. The van der Waals surface area contributed by atoms with Crippen LogP contribution in [0.4, 0.5) is 16.2 Å². The third-order valence-corrected chi connectivity index (χ3v) is 4.25. The van der Waals surface area contributed by atoms with E-state index in [-0.39, 0.29) is 18.4 Å². The fourth-order valence-electron chi connectivity index (χ4n) is 2.90. The molecule has 1 saturated heterocycles. The van der Waals surface area contributed by atoms with Gasteiger partial charge < -0.3 is 26.0 Å². The zero-order valence-corrected chi connectivity index (χ0v) is 14.8. The van der Waals surface area contributed by atoms with E-state index in [1.54, 1.807) is 36.3 Å². The van der Waals surface area contributed by atoms with Crippen LogP contribution in [0.5, 0.6) is 5.75 Å². The molecule has 0 radical (unpaired) electrons. The Morgan fingerprint density at radius 1 is 1.19 bits per heavy atom. The summed E-state index contributed by atoms with van der Waals surface area (Å²) in [6, 6.07) is 12.7. The predicted molar refractivity (Wildman–Crippen MR) is 101 cm³/mol. The number of methoxy groups -OCH3 is 1. The summed E-state index contributed by atoms with van der Waals surface area (Å²) in [5.41, 5.74) is 6.79. The summed E-state index contributed by atoms with van der Waals surface area (Å²) in [7, 11) is 1.57. The van der Waals surface area contributed by atoms with Crippen LogP contribution in [0, 0.1) is 0 Å². The van der Waals surface area contributed by atoms with Crippen LogP contribution in [0.1, 0.15) is 16.8 Å². The smallest absolute Gasteiger partial charge is 0.319 e. The Morgan fingerprint density at radius 2 is 1.93 bits per heavy atom. The van der Waals surface area contributed by atoms with Gasteiger partial charge in [-0.3, -0.25) is 9.59 Å². The van der Waals surface area contributed by atoms with Gasteiger partial charge in [-0.05, 0) is 36.4 Å². The zero-order valence-electron chi connectivity index (χ0n) is 14.8. The summed E-state index contributed by atoms with van der Waals surface area (Å²) >= 11 is 0. The lowest BCUT2D eigenvalue weighted by Crippen LogP contribution is -2.39. The number of anilines is 2. The largest absolute Gasteiger partial charge is 0.497 e. The van der Waals surface area contributed by atoms with Gasteiger partial charge in [0.1, 0.15) is 5.75 Å². The number of hydrogen-bond acceptors (Lipinski definition) is 4. The maximum absolute atomic E-state index is 12.3. The summed E-state index contributed by atoms with van der Waals surface area (Å²) < 4.78 is 5.18. The van der Waals surface area contributed by atoms with E-state index >= 15 is 0 Å². The van der Waals surface area contributed by atoms with Crippen molar-refractivity contribution in [2.45, 2.75) is 12.5 Å². The van der Waals surface area contributed by atoms with Gasteiger partial charge in [-0.15, -0.1) is 0 Å². The van der Waals surface area contributed by atoms with E-state index in [0.717, 1.165) is 5.69 Å². The molecule has 1 atom stereocenters. The second-order valence-electron chi connectivity index (χ2n) is 6.15. The molecule has 3 rings (SSSR count). The highest BCUT2D eigenvalue weighted by molar-refractivity contribution is 5.98. The number of urea groups is 1. The second-order valence-corrected chi connectivity index (χ2v) is 6.15. The maximum Gasteiger partial charge on any atom is 0.319 e. The van der Waals surface area contributed by atoms with Gasteiger partial charge in [0.15, 0.2) is 0 Å². The van der Waals surface area contributed by atoms with E-state index in [2.05, 4.69) is 10.6 Å². The molecular weight excluding hydrogens is 348 g/mol. The van der Waals surface area contributed by atoms with Crippen molar-refractivity contribution in [1.82, 2.24) is 5.32 Å². The van der Waals surface area contributed by atoms with Crippen LogP contribution in [0.3, 0.4) is 0 Å². The van der Waals surface area contributed by atoms with Crippen molar-refractivity contribution in [2.75, 3.05) is 23.9 Å². The number of ether oxygens (including phenoxy) is 1. The molecule has 4 N–H and O–H groups in total. The summed E-state index contributed by atoms with van der Waals surface area (Å²) in [5, 5.41) is 5.46. The summed E-state index contributed by atoms with van der Waals surface area (Å²) in [5.74, 6) is 0.0568. The van der Waals surface area contributed by atoms with Gasteiger partial charge in [0.05, 0.1) is 13.2 Å². The summed E-state index contributed by atoms with van der Waals surface area (Å²) in [6.45, 7) is 0.375. The number of benzene rings is 2. The first-order valence-corrected chi connectivity index (χ1v) is 8.38. The van der Waals surface area contributed by atoms with Crippen molar-refractivity contribution in [3.8, 4) is 5.75 Å². The Bertz CT molecular complexity index is 866. The Morgan fingerprint density at radius 3 is 2.59 bits per heavy atom. The SMILES string of the molecule is COc1cccc(N2C[C@@H](NC(=O)Nc3ccc(C(N)=O)cc3)CC2=O)c1. The molecule has 1 fully saturated rings. The highest BCUT2D eigenvalue weighted by atomic mass is 16.5. The molecule has 1 aliphatic rings. The van der Waals surface area contributed by atoms with E-state index in [1.165, 1.54) is 12.1 Å². The molecule has 0 spiro atoms. The van der Waals surface area contributed by atoms with Crippen LogP contribution in [-0.4, -0.2) is 37.5 Å². The van der Waals surface area contributed by atoms with Crippen LogP contribution in [-0.2, 0) is 4.79 Å². The maximum atomic E-state index is 12.3. The Balaban J connectivity index is 1.58. The molecule has 140 valence electrons. The Kier molecular flexibility index (Phi) is 5.25. The number of carbonyl (C=O) groups excluding carboxylic acids is 3. The van der Waals surface area contributed by atoms with Gasteiger partial charge >= 0.3 is 6.03 Å². The molecule has 4 amide bonds. The number of carbonyl (C=O) groups is 3. The molecule has 1 aliphatic heterocycles. The molecule has 0 bridgehead atoms. The van der Waals surface area contributed by atoms with Gasteiger partial charge in [0, 0.05) is 36.0 Å². The fraction of sp³-hybridized carbons (Fsp3) is 0.211. The Labute approximate surface area is 156 Å². The molecule has 0 unspecified atom stereocenters. The van der Waals surface area contributed by atoms with Crippen LogP contribution in [0.25, 0.3) is 0 Å². The normalized spacial score (nSPS) is 16.1. The van der Waals surface area contributed by atoms with Crippen LogP contribution >= 0.6 is 0 Å². The first-order chi connectivity index (χ1) is 13.0. The minimum absolute atomic E-state index is 0.0700. The molecular formula is C19H20N4O4. The van der Waals surface area contributed by atoms with Gasteiger partial charge in [-0.2, -0.15) is 0 Å². The quantitative estimate of drug-likeness (QED) is 0.745. The third kappa shape index (κ3) is 4.35. The van der Waals surface area contributed by atoms with Crippen LogP contribution < -0.4 is 26.0 Å². The average molecular weight is 368 g/mol. The van der Waals surface area contributed by atoms with E-state index in [1.807, 2.05) is 12.1 Å². The number of nitrogens with two attached hydrogens (primary N) is 1. The van der Waals surface area contributed by atoms with Gasteiger partial charge in [-0.25, -0.2) is 4.79 Å². The number of rotatable bonds is 5. The molecule has 0 aliphatic carbocycles. The summed E-state index contributed by atoms with van der Waals surface area (Å²) in [4.78, 5) is 37.2. The van der Waals surface area contributed by atoms with Gasteiger partial charge in [0.25, 0.3) is 0 Å². The number of amides is 4. The van der Waals surface area contributed by atoms with Crippen molar-refractivity contribution in [3.63, 3.8) is 0 Å². The molecule has 2 aromatic carbocycles. The standard InChI is InChI=1S/C19H20N4O4/c1-27-16-4-2-3-15(10-16)23-11-14(9-17(23)24)22-19(26)21-13-7-5-12(6-8-13)18(20)25/h2-8,10,14H,9,11H2,1H3,(H2,20,25)(H2,21,22,26)/t14-/m0/s1. The molecule has 1 heterocycles. The lowest BCUT2D eigenvalue weighted by molar-refractivity contribution is -0.117. The van der Waals surface area contributed by atoms with Crippen LogP contribution in [0.15, 0.2) is 48.5 Å². The average Bonchev–Trinajstić information content (AvgIpc) is 3.02. The van der Waals surface area contributed by atoms with Crippen molar-refractivity contribution >= 4 is 29.2 Å². The highest BCUT2D eigenvalue weighted by Gasteiger charge is 2.31. The van der Waals surface area contributed by atoms with E-state index in [4.69, 9.17) is 10.5 Å². The zero-order chi connectivity index (χ0) is 19.4. The molecule has 2 aromatic rings. The lowest BCUT2D eigenvalue weighted by Gasteiger charge is -2.18. The Hall–Kier alpha value is -3.55. The molecule has 0 saturated carbocycles. The summed E-state index contributed by atoms with van der Waals surface area (Å²) in [6.07, 6.45) is 0.214. The first-order valence-electron chi connectivity index (χ1n) is 8.38. The lowest BCUT2D eigenvalue weighted by atomic mass is 10.2. The third-order valence-electron chi connectivity index (χ3n) is 4.25. The van der Waals surface area contributed by atoms with Crippen molar-refractivity contribution < 1.29 is 19.1 Å². The number of primary amides is 1. The second kappa shape index (κ2) is 7.77. The minimum atomic E-state index is -0.534.